The van der Waals surface area contributed by atoms with Crippen LogP contribution in [-0.4, -0.2) is 29.0 Å². The molecule has 0 radical (unpaired) electrons. The number of aryl methyl sites for hydroxylation is 1. The Labute approximate surface area is 177 Å². The van der Waals surface area contributed by atoms with Crippen LogP contribution in [0.2, 0.25) is 0 Å². The Morgan fingerprint density at radius 2 is 2.10 bits per heavy atom. The van der Waals surface area contributed by atoms with E-state index in [1.807, 2.05) is 0 Å². The van der Waals surface area contributed by atoms with Crippen molar-refractivity contribution in [3.05, 3.63) is 77.0 Å². The molecule has 0 spiro atoms. The number of fused-ring (bicyclic) bond motifs is 2. The van der Waals surface area contributed by atoms with Gasteiger partial charge in [-0.15, -0.1) is 12.4 Å². The molecule has 4 rings (SSSR count). The summed E-state index contributed by atoms with van der Waals surface area (Å²) < 4.78 is 0. The number of rotatable bonds is 7. The normalized spacial score (nSPS) is 16.0. The first-order valence-electron chi connectivity index (χ1n) is 9.97. The van der Waals surface area contributed by atoms with Crippen molar-refractivity contribution in [3.63, 3.8) is 0 Å². The van der Waals surface area contributed by atoms with Crippen molar-refractivity contribution >= 4 is 35.2 Å². The van der Waals surface area contributed by atoms with Crippen LogP contribution in [0, 0.1) is 0 Å². The second-order valence-electron chi connectivity index (χ2n) is 7.42. The number of halogens is 1. The van der Waals surface area contributed by atoms with Gasteiger partial charge in [-0.2, -0.15) is 0 Å². The minimum Gasteiger partial charge on any atom is -0.388 e. The highest BCUT2D eigenvalue weighted by molar-refractivity contribution is 5.94. The summed E-state index contributed by atoms with van der Waals surface area (Å²) in [5.41, 5.74) is 6.29. The highest BCUT2D eigenvalue weighted by atomic mass is 35.5. The molecule has 1 aliphatic carbocycles. The van der Waals surface area contributed by atoms with Gasteiger partial charge in [-0.25, -0.2) is 0 Å². The van der Waals surface area contributed by atoms with E-state index in [1.165, 1.54) is 40.1 Å². The number of benzene rings is 2. The zero-order valence-corrected chi connectivity index (χ0v) is 17.2. The van der Waals surface area contributed by atoms with Gasteiger partial charge in [0.15, 0.2) is 5.78 Å². The number of aromatic amines is 1. The molecule has 0 aliphatic heterocycles. The molecule has 1 aromatic heterocycles. The van der Waals surface area contributed by atoms with Gasteiger partial charge in [0.1, 0.15) is 6.61 Å². The number of aromatic nitrogens is 1. The maximum atomic E-state index is 11.3. The zero-order valence-electron chi connectivity index (χ0n) is 16.4. The van der Waals surface area contributed by atoms with E-state index >= 15 is 0 Å². The lowest BCUT2D eigenvalue weighted by molar-refractivity contribution is -0.117. The summed E-state index contributed by atoms with van der Waals surface area (Å²) in [5, 5.41) is 13.9. The van der Waals surface area contributed by atoms with Crippen molar-refractivity contribution in [2.75, 3.05) is 13.2 Å². The number of nitrogens with one attached hydrogen (secondary N) is 2. The van der Waals surface area contributed by atoms with Crippen molar-refractivity contribution in [1.29, 1.82) is 0 Å². The first-order valence-corrected chi connectivity index (χ1v) is 9.97. The van der Waals surface area contributed by atoms with E-state index in [-0.39, 0.29) is 18.2 Å². The number of carbonyl (C=O) groups is 1. The average molecular weight is 411 g/mol. The van der Waals surface area contributed by atoms with Crippen LogP contribution in [0.25, 0.3) is 17.0 Å². The molecule has 0 saturated carbocycles. The summed E-state index contributed by atoms with van der Waals surface area (Å²) in [6.45, 7) is 0.502. The fourth-order valence-corrected chi connectivity index (χ4v) is 4.11. The predicted octanol–water partition coefficient (Wildman–Crippen LogP) is 4.37. The van der Waals surface area contributed by atoms with Crippen molar-refractivity contribution < 1.29 is 9.90 Å². The Morgan fingerprint density at radius 1 is 1.24 bits per heavy atom. The topological polar surface area (TPSA) is 65.1 Å². The monoisotopic (exact) mass is 410 g/mol. The fourth-order valence-electron chi connectivity index (χ4n) is 4.11. The van der Waals surface area contributed by atoms with E-state index in [0.29, 0.717) is 6.04 Å². The molecule has 152 valence electrons. The number of carbonyl (C=O) groups excluding carboxylic acids is 1. The summed E-state index contributed by atoms with van der Waals surface area (Å²) >= 11 is 0. The molecule has 1 unspecified atom stereocenters. The van der Waals surface area contributed by atoms with E-state index in [2.05, 4.69) is 59.0 Å². The summed E-state index contributed by atoms with van der Waals surface area (Å²) in [4.78, 5) is 14.6. The largest absolute Gasteiger partial charge is 0.388 e. The van der Waals surface area contributed by atoms with Crippen molar-refractivity contribution in [1.82, 2.24) is 10.3 Å². The molecular weight excluding hydrogens is 384 g/mol. The molecule has 2 aromatic carbocycles. The molecule has 0 bridgehead atoms. The minimum absolute atomic E-state index is 0. The van der Waals surface area contributed by atoms with E-state index in [4.69, 9.17) is 5.11 Å². The smallest absolute Gasteiger partial charge is 0.181 e. The Balaban J connectivity index is 0.00000240. The van der Waals surface area contributed by atoms with Gasteiger partial charge in [0, 0.05) is 23.1 Å². The molecule has 29 heavy (non-hydrogen) atoms. The molecule has 1 heterocycles. The maximum Gasteiger partial charge on any atom is 0.181 e. The van der Waals surface area contributed by atoms with Gasteiger partial charge < -0.3 is 15.4 Å². The molecule has 3 N–H and O–H groups in total. The van der Waals surface area contributed by atoms with Gasteiger partial charge in [-0.05, 0) is 66.6 Å². The van der Waals surface area contributed by atoms with E-state index < -0.39 is 6.61 Å². The zero-order chi connectivity index (χ0) is 19.3. The Hall–Kier alpha value is -2.40. The van der Waals surface area contributed by atoms with Crippen molar-refractivity contribution in [2.45, 2.75) is 31.7 Å². The summed E-state index contributed by atoms with van der Waals surface area (Å²) in [7, 11) is 0. The van der Waals surface area contributed by atoms with Crippen LogP contribution >= 0.6 is 12.4 Å². The van der Waals surface area contributed by atoms with Crippen LogP contribution in [0.15, 0.2) is 54.7 Å². The first-order chi connectivity index (χ1) is 13.7. The van der Waals surface area contributed by atoms with E-state index in [1.54, 1.807) is 6.08 Å². The fraction of sp³-hybridized carbons (Fsp3) is 0.292. The van der Waals surface area contributed by atoms with Crippen LogP contribution in [0.3, 0.4) is 0 Å². The third-order valence-electron chi connectivity index (χ3n) is 5.56. The molecule has 0 fully saturated rings. The molecule has 3 aromatic rings. The van der Waals surface area contributed by atoms with Crippen LogP contribution < -0.4 is 5.32 Å². The minimum atomic E-state index is -0.441. The van der Waals surface area contributed by atoms with E-state index in [0.717, 1.165) is 31.4 Å². The van der Waals surface area contributed by atoms with Gasteiger partial charge >= 0.3 is 0 Å². The molecule has 0 saturated heterocycles. The molecule has 1 atom stereocenters. The average Bonchev–Trinajstić information content (AvgIpc) is 3.15. The predicted molar refractivity (Wildman–Crippen MR) is 121 cm³/mol. The third-order valence-corrected chi connectivity index (χ3v) is 5.56. The Kier molecular flexibility index (Phi) is 7.26. The number of aliphatic hydroxyl groups excluding tert-OH is 1. The Morgan fingerprint density at radius 3 is 2.97 bits per heavy atom. The van der Waals surface area contributed by atoms with Gasteiger partial charge in [0.25, 0.3) is 0 Å². The first kappa shape index (κ1) is 21.3. The highest BCUT2D eigenvalue weighted by Gasteiger charge is 2.19. The van der Waals surface area contributed by atoms with Gasteiger partial charge in [-0.1, -0.05) is 42.5 Å². The number of hydrogen-bond acceptors (Lipinski definition) is 3. The molecule has 4 nitrogen and oxygen atoms in total. The standard InChI is InChI=1S/C24H26N2O2.ClH/c27-16-20(28)10-8-17-9-11-22-18(14-17)4-3-7-23(22)25-13-12-19-15-26-24-6-2-1-5-21(19)24;/h1-2,5-6,8-11,14-15,23,25-27H,3-4,7,12-13,16H2;1H/b10-8+;. The number of aliphatic hydroxyl groups is 1. The molecule has 1 aliphatic rings. The molecule has 5 heteroatoms. The van der Waals surface area contributed by atoms with Crippen LogP contribution in [0.5, 0.6) is 0 Å². The maximum absolute atomic E-state index is 11.3. The highest BCUT2D eigenvalue weighted by Crippen LogP contribution is 2.31. The lowest BCUT2D eigenvalue weighted by Crippen LogP contribution is -2.27. The molecule has 0 amide bonds. The number of hydrogen-bond donors (Lipinski definition) is 3. The van der Waals surface area contributed by atoms with Gasteiger partial charge in [0.2, 0.25) is 0 Å². The summed E-state index contributed by atoms with van der Waals surface area (Å²) in [6.07, 6.45) is 9.74. The lowest BCUT2D eigenvalue weighted by Gasteiger charge is -2.27. The number of H-pyrrole nitrogens is 1. The summed E-state index contributed by atoms with van der Waals surface area (Å²) in [5.74, 6) is -0.269. The SMILES string of the molecule is Cl.O=C(/C=C/c1ccc2c(c1)CCCC2NCCc1c[nH]c2ccccc12)CO. The van der Waals surface area contributed by atoms with Gasteiger partial charge in [-0.3, -0.25) is 4.79 Å². The van der Waals surface area contributed by atoms with Crippen molar-refractivity contribution in [3.8, 4) is 0 Å². The van der Waals surface area contributed by atoms with Crippen LogP contribution in [0.1, 0.15) is 41.1 Å². The Bertz CT molecular complexity index is 1010. The second-order valence-corrected chi connectivity index (χ2v) is 7.42. The van der Waals surface area contributed by atoms with Crippen LogP contribution in [-0.2, 0) is 17.6 Å². The number of para-hydroxylation sites is 1. The van der Waals surface area contributed by atoms with E-state index in [9.17, 15) is 4.79 Å². The van der Waals surface area contributed by atoms with Crippen molar-refractivity contribution in [2.24, 2.45) is 0 Å². The molecular formula is C24H27ClN2O2. The van der Waals surface area contributed by atoms with Crippen LogP contribution in [0.4, 0.5) is 0 Å². The second kappa shape index (κ2) is 9.88. The number of ketones is 1. The quantitative estimate of drug-likeness (QED) is 0.506. The summed E-state index contributed by atoms with van der Waals surface area (Å²) in [6, 6.07) is 15.2. The van der Waals surface area contributed by atoms with Gasteiger partial charge in [0.05, 0.1) is 0 Å². The lowest BCUT2D eigenvalue weighted by atomic mass is 9.86. The third kappa shape index (κ3) is 4.96.